The molecule has 1 aromatic carbocycles. The van der Waals surface area contributed by atoms with E-state index in [1.54, 1.807) is 6.20 Å². The Balaban J connectivity index is 1.38. The van der Waals surface area contributed by atoms with E-state index in [4.69, 9.17) is 4.98 Å². The van der Waals surface area contributed by atoms with Crippen LogP contribution in [0.5, 0.6) is 0 Å². The van der Waals surface area contributed by atoms with E-state index < -0.39 is 0 Å². The van der Waals surface area contributed by atoms with Gasteiger partial charge in [-0.1, -0.05) is 24.3 Å². The molecule has 1 atom stereocenters. The molecule has 1 aliphatic rings. The van der Waals surface area contributed by atoms with Gasteiger partial charge >= 0.3 is 0 Å². The highest BCUT2D eigenvalue weighted by Gasteiger charge is 2.28. The van der Waals surface area contributed by atoms with E-state index in [1.165, 1.54) is 22.9 Å². The molecular formula is C24H26N6. The van der Waals surface area contributed by atoms with Crippen LogP contribution in [0.15, 0.2) is 61.1 Å². The number of para-hydroxylation sites is 1. The molecule has 0 bridgehead atoms. The van der Waals surface area contributed by atoms with Crippen LogP contribution in [-0.4, -0.2) is 31.0 Å². The van der Waals surface area contributed by atoms with Gasteiger partial charge in [0.25, 0.3) is 0 Å². The first-order valence-electron chi connectivity index (χ1n) is 10.5. The number of hydrogen-bond acceptors (Lipinski definition) is 5. The maximum absolute atomic E-state index is 4.88. The fourth-order valence-corrected chi connectivity index (χ4v) is 4.47. The topological polar surface area (TPSA) is 58.9 Å². The second-order valence-electron chi connectivity index (χ2n) is 8.03. The Kier molecular flexibility index (Phi) is 4.93. The van der Waals surface area contributed by atoms with Gasteiger partial charge < -0.3 is 9.88 Å². The summed E-state index contributed by atoms with van der Waals surface area (Å²) in [5.41, 5.74) is 4.64. The predicted octanol–water partition coefficient (Wildman–Crippen LogP) is 4.75. The zero-order valence-electron chi connectivity index (χ0n) is 17.4. The summed E-state index contributed by atoms with van der Waals surface area (Å²) in [5, 5.41) is 4.63. The molecule has 1 aliphatic heterocycles. The third kappa shape index (κ3) is 3.66. The van der Waals surface area contributed by atoms with E-state index in [9.17, 15) is 0 Å². The molecule has 1 unspecified atom stereocenters. The number of anilines is 2. The Bertz CT molecular complexity index is 1180. The maximum atomic E-state index is 4.88. The van der Waals surface area contributed by atoms with Gasteiger partial charge in [0, 0.05) is 36.4 Å². The lowest BCUT2D eigenvalue weighted by molar-refractivity contribution is 0.245. The lowest BCUT2D eigenvalue weighted by Crippen LogP contribution is -2.23. The molecule has 4 aromatic rings. The standard InChI is InChI=1S/C24H26N6/c1-17-7-5-11-23(26-17)28-24-14-25-13-20(27-24)22-10-6-12-30(22)16-18-15-29(2)21-9-4-3-8-19(18)21/h3-5,7-9,11,13-15,22H,6,10,12,16H2,1-2H3,(H,26,27,28). The van der Waals surface area contributed by atoms with Crippen molar-refractivity contribution in [2.24, 2.45) is 7.05 Å². The monoisotopic (exact) mass is 398 g/mol. The van der Waals surface area contributed by atoms with Gasteiger partial charge in [0.2, 0.25) is 0 Å². The van der Waals surface area contributed by atoms with Gasteiger partial charge in [-0.3, -0.25) is 9.88 Å². The third-order valence-electron chi connectivity index (χ3n) is 5.86. The summed E-state index contributed by atoms with van der Waals surface area (Å²) in [4.78, 5) is 16.4. The molecule has 152 valence electrons. The minimum atomic E-state index is 0.281. The Morgan fingerprint density at radius 2 is 1.93 bits per heavy atom. The zero-order chi connectivity index (χ0) is 20.5. The van der Waals surface area contributed by atoms with Crippen LogP contribution in [-0.2, 0) is 13.6 Å². The molecule has 0 saturated carbocycles. The number of aromatic nitrogens is 4. The molecule has 5 rings (SSSR count). The Labute approximate surface area is 176 Å². The average molecular weight is 399 g/mol. The van der Waals surface area contributed by atoms with Gasteiger partial charge in [0.1, 0.15) is 11.6 Å². The Hall–Kier alpha value is -3.25. The van der Waals surface area contributed by atoms with Crippen LogP contribution in [0.4, 0.5) is 11.6 Å². The van der Waals surface area contributed by atoms with Crippen LogP contribution < -0.4 is 5.32 Å². The number of rotatable bonds is 5. The molecule has 1 saturated heterocycles. The van der Waals surface area contributed by atoms with E-state index in [-0.39, 0.29) is 6.04 Å². The Morgan fingerprint density at radius 1 is 1.03 bits per heavy atom. The summed E-state index contributed by atoms with van der Waals surface area (Å²) in [7, 11) is 2.12. The van der Waals surface area contributed by atoms with Crippen LogP contribution in [0.1, 0.15) is 35.8 Å². The minimum absolute atomic E-state index is 0.281. The number of nitrogens with one attached hydrogen (secondary N) is 1. The van der Waals surface area contributed by atoms with Crippen LogP contribution >= 0.6 is 0 Å². The van der Waals surface area contributed by atoms with E-state index in [0.29, 0.717) is 0 Å². The van der Waals surface area contributed by atoms with Gasteiger partial charge in [-0.15, -0.1) is 0 Å². The summed E-state index contributed by atoms with van der Waals surface area (Å²) in [5.74, 6) is 1.53. The maximum Gasteiger partial charge on any atom is 0.150 e. The number of nitrogens with zero attached hydrogens (tertiary/aromatic N) is 5. The molecular weight excluding hydrogens is 372 g/mol. The molecule has 6 nitrogen and oxygen atoms in total. The predicted molar refractivity (Wildman–Crippen MR) is 120 cm³/mol. The van der Waals surface area contributed by atoms with Crippen molar-refractivity contribution < 1.29 is 0 Å². The molecule has 0 spiro atoms. The first kappa shape index (κ1) is 18.8. The summed E-state index contributed by atoms with van der Waals surface area (Å²) in [6.45, 7) is 3.98. The largest absolute Gasteiger partial charge is 0.350 e. The summed E-state index contributed by atoms with van der Waals surface area (Å²) < 4.78 is 2.22. The molecule has 0 radical (unpaired) electrons. The number of aryl methyl sites for hydroxylation is 2. The van der Waals surface area contributed by atoms with Gasteiger partial charge in [-0.25, -0.2) is 9.97 Å². The van der Waals surface area contributed by atoms with Crippen molar-refractivity contribution in [3.8, 4) is 0 Å². The second kappa shape index (κ2) is 7.88. The molecule has 0 amide bonds. The van der Waals surface area contributed by atoms with Crippen molar-refractivity contribution in [3.63, 3.8) is 0 Å². The third-order valence-corrected chi connectivity index (χ3v) is 5.86. The molecule has 30 heavy (non-hydrogen) atoms. The summed E-state index contributed by atoms with van der Waals surface area (Å²) in [6.07, 6.45) is 8.20. The average Bonchev–Trinajstić information content (AvgIpc) is 3.34. The lowest BCUT2D eigenvalue weighted by Gasteiger charge is -2.24. The minimum Gasteiger partial charge on any atom is -0.350 e. The molecule has 1 fully saturated rings. The van der Waals surface area contributed by atoms with E-state index >= 15 is 0 Å². The number of fused-ring (bicyclic) bond motifs is 1. The van der Waals surface area contributed by atoms with Crippen molar-refractivity contribution in [2.75, 3.05) is 11.9 Å². The highest BCUT2D eigenvalue weighted by Crippen LogP contribution is 2.34. The van der Waals surface area contributed by atoms with Gasteiger partial charge in [0.05, 0.1) is 24.1 Å². The van der Waals surface area contributed by atoms with Crippen molar-refractivity contribution in [1.82, 2.24) is 24.4 Å². The molecule has 0 aliphatic carbocycles. The van der Waals surface area contributed by atoms with Gasteiger partial charge in [0.15, 0.2) is 0 Å². The normalized spacial score (nSPS) is 16.9. The van der Waals surface area contributed by atoms with E-state index in [2.05, 4.69) is 62.3 Å². The van der Waals surface area contributed by atoms with Crippen molar-refractivity contribution in [3.05, 3.63) is 78.0 Å². The second-order valence-corrected chi connectivity index (χ2v) is 8.03. The van der Waals surface area contributed by atoms with E-state index in [1.807, 2.05) is 31.3 Å². The zero-order valence-corrected chi connectivity index (χ0v) is 17.4. The Morgan fingerprint density at radius 3 is 2.83 bits per heavy atom. The summed E-state index contributed by atoms with van der Waals surface area (Å²) in [6, 6.07) is 14.8. The first-order chi connectivity index (χ1) is 14.7. The van der Waals surface area contributed by atoms with Crippen LogP contribution in [0.2, 0.25) is 0 Å². The first-order valence-corrected chi connectivity index (χ1v) is 10.5. The smallest absolute Gasteiger partial charge is 0.150 e. The fraction of sp³-hybridized carbons (Fsp3) is 0.292. The number of hydrogen-bond donors (Lipinski definition) is 1. The quantitative estimate of drug-likeness (QED) is 0.526. The van der Waals surface area contributed by atoms with Crippen LogP contribution in [0.25, 0.3) is 10.9 Å². The highest BCUT2D eigenvalue weighted by atomic mass is 15.2. The lowest BCUT2D eigenvalue weighted by atomic mass is 10.1. The number of benzene rings is 1. The van der Waals surface area contributed by atoms with E-state index in [0.717, 1.165) is 42.5 Å². The highest BCUT2D eigenvalue weighted by molar-refractivity contribution is 5.83. The van der Waals surface area contributed by atoms with Gasteiger partial charge in [-0.2, -0.15) is 0 Å². The van der Waals surface area contributed by atoms with Crippen molar-refractivity contribution in [2.45, 2.75) is 32.4 Å². The fourth-order valence-electron chi connectivity index (χ4n) is 4.47. The van der Waals surface area contributed by atoms with Crippen molar-refractivity contribution in [1.29, 1.82) is 0 Å². The number of likely N-dealkylation sites (tertiary alicyclic amines) is 1. The molecule has 1 N–H and O–H groups in total. The number of pyridine rings is 1. The van der Waals surface area contributed by atoms with Crippen LogP contribution in [0, 0.1) is 6.92 Å². The summed E-state index contributed by atoms with van der Waals surface area (Å²) >= 11 is 0. The molecule has 3 aromatic heterocycles. The molecule has 4 heterocycles. The molecule has 6 heteroatoms. The van der Waals surface area contributed by atoms with Crippen LogP contribution in [0.3, 0.4) is 0 Å². The SMILES string of the molecule is Cc1cccc(Nc2cncc(C3CCCN3Cc3cn(C)c4ccccc34)n2)n1. The van der Waals surface area contributed by atoms with Gasteiger partial charge in [-0.05, 0) is 50.1 Å². The van der Waals surface area contributed by atoms with Crippen molar-refractivity contribution >= 4 is 22.5 Å².